The summed E-state index contributed by atoms with van der Waals surface area (Å²) in [5.74, 6) is -1.02. The van der Waals surface area contributed by atoms with Gasteiger partial charge in [0.2, 0.25) is 0 Å². The molecule has 1 heterocycles. The van der Waals surface area contributed by atoms with Crippen LogP contribution in [-0.2, 0) is 16.0 Å². The number of rotatable bonds is 3. The molecule has 1 saturated heterocycles. The molecule has 1 aromatic rings. The van der Waals surface area contributed by atoms with E-state index in [9.17, 15) is 9.59 Å². The molecule has 0 spiro atoms. The van der Waals surface area contributed by atoms with Crippen LogP contribution >= 0.6 is 0 Å². The highest BCUT2D eigenvalue weighted by Gasteiger charge is 2.38. The summed E-state index contributed by atoms with van der Waals surface area (Å²) < 4.78 is 0. The van der Waals surface area contributed by atoms with Crippen LogP contribution in [0.25, 0.3) is 0 Å². The van der Waals surface area contributed by atoms with Gasteiger partial charge in [-0.3, -0.25) is 9.59 Å². The fourth-order valence-electron chi connectivity index (χ4n) is 2.41. The molecule has 2 fully saturated rings. The number of piperazine rings is 1. The number of amides is 2. The SMILES string of the molecule is NC1(Cc2cccc(N3CCNC(=O)C3=O)c2)CC1. The van der Waals surface area contributed by atoms with Gasteiger partial charge in [0.15, 0.2) is 0 Å². The monoisotopic (exact) mass is 259 g/mol. The number of carbonyl (C=O) groups is 2. The van der Waals surface area contributed by atoms with Gasteiger partial charge in [-0.2, -0.15) is 0 Å². The van der Waals surface area contributed by atoms with E-state index in [0.29, 0.717) is 13.1 Å². The summed E-state index contributed by atoms with van der Waals surface area (Å²) in [5, 5.41) is 2.54. The second kappa shape index (κ2) is 4.35. The Morgan fingerprint density at radius 3 is 2.84 bits per heavy atom. The van der Waals surface area contributed by atoms with Crippen LogP contribution in [0.3, 0.4) is 0 Å². The molecule has 1 aromatic carbocycles. The van der Waals surface area contributed by atoms with Crippen LogP contribution in [0.5, 0.6) is 0 Å². The Morgan fingerprint density at radius 2 is 2.11 bits per heavy atom. The molecule has 5 nitrogen and oxygen atoms in total. The number of nitrogens with two attached hydrogens (primary N) is 1. The molecule has 100 valence electrons. The van der Waals surface area contributed by atoms with Crippen LogP contribution in [-0.4, -0.2) is 30.4 Å². The fourth-order valence-corrected chi connectivity index (χ4v) is 2.41. The third-order valence-corrected chi connectivity index (χ3v) is 3.73. The first-order chi connectivity index (χ1) is 9.07. The summed E-state index contributed by atoms with van der Waals surface area (Å²) in [5.41, 5.74) is 7.96. The fraction of sp³-hybridized carbons (Fsp3) is 0.429. The minimum Gasteiger partial charge on any atom is -0.346 e. The molecule has 0 aromatic heterocycles. The summed E-state index contributed by atoms with van der Waals surface area (Å²) in [4.78, 5) is 24.7. The first kappa shape index (κ1) is 12.2. The maximum Gasteiger partial charge on any atom is 0.316 e. The largest absolute Gasteiger partial charge is 0.346 e. The van der Waals surface area contributed by atoms with E-state index in [1.54, 1.807) is 0 Å². The number of nitrogens with one attached hydrogen (secondary N) is 1. The van der Waals surface area contributed by atoms with E-state index in [4.69, 9.17) is 5.73 Å². The molecule has 3 N–H and O–H groups in total. The molecule has 1 saturated carbocycles. The van der Waals surface area contributed by atoms with Crippen molar-refractivity contribution in [3.8, 4) is 0 Å². The van der Waals surface area contributed by atoms with Crippen molar-refractivity contribution < 1.29 is 9.59 Å². The molecule has 0 radical (unpaired) electrons. The van der Waals surface area contributed by atoms with Crippen LogP contribution in [0.4, 0.5) is 5.69 Å². The van der Waals surface area contributed by atoms with Gasteiger partial charge in [0, 0.05) is 24.3 Å². The predicted molar refractivity (Wildman–Crippen MR) is 71.7 cm³/mol. The number of carbonyl (C=O) groups excluding carboxylic acids is 2. The average molecular weight is 259 g/mol. The van der Waals surface area contributed by atoms with Gasteiger partial charge in [-0.25, -0.2) is 0 Å². The zero-order valence-corrected chi connectivity index (χ0v) is 10.7. The lowest BCUT2D eigenvalue weighted by Crippen LogP contribution is -2.52. The Balaban J connectivity index is 1.82. The molecular weight excluding hydrogens is 242 g/mol. The Labute approximate surface area is 111 Å². The van der Waals surface area contributed by atoms with Gasteiger partial charge < -0.3 is 16.0 Å². The molecule has 19 heavy (non-hydrogen) atoms. The second-order valence-corrected chi connectivity index (χ2v) is 5.42. The van der Waals surface area contributed by atoms with Crippen molar-refractivity contribution in [3.63, 3.8) is 0 Å². The summed E-state index contributed by atoms with van der Waals surface area (Å²) in [6, 6.07) is 7.75. The summed E-state index contributed by atoms with van der Waals surface area (Å²) >= 11 is 0. The minimum atomic E-state index is -0.533. The maximum absolute atomic E-state index is 11.8. The molecule has 1 aliphatic carbocycles. The van der Waals surface area contributed by atoms with Crippen molar-refractivity contribution in [1.29, 1.82) is 0 Å². The van der Waals surface area contributed by atoms with Crippen LogP contribution in [0.2, 0.25) is 0 Å². The number of benzene rings is 1. The summed E-state index contributed by atoms with van der Waals surface area (Å²) in [6.07, 6.45) is 2.94. The van der Waals surface area contributed by atoms with Gasteiger partial charge in [-0.15, -0.1) is 0 Å². The Hall–Kier alpha value is -1.88. The lowest BCUT2D eigenvalue weighted by molar-refractivity contribution is -0.138. The van der Waals surface area contributed by atoms with Gasteiger partial charge in [0.1, 0.15) is 0 Å². The maximum atomic E-state index is 11.8. The van der Waals surface area contributed by atoms with Crippen LogP contribution in [0.1, 0.15) is 18.4 Å². The van der Waals surface area contributed by atoms with Crippen molar-refractivity contribution in [2.75, 3.05) is 18.0 Å². The van der Waals surface area contributed by atoms with Crippen LogP contribution in [0.15, 0.2) is 24.3 Å². The molecule has 5 heteroatoms. The van der Waals surface area contributed by atoms with E-state index in [1.807, 2.05) is 24.3 Å². The summed E-state index contributed by atoms with van der Waals surface area (Å²) in [6.45, 7) is 1.01. The molecule has 0 bridgehead atoms. The molecular formula is C14H17N3O2. The van der Waals surface area contributed by atoms with E-state index in [1.165, 1.54) is 4.90 Å². The normalized spacial score (nSPS) is 21.2. The Bertz CT molecular complexity index is 537. The van der Waals surface area contributed by atoms with Gasteiger partial charge in [0.05, 0.1) is 0 Å². The lowest BCUT2D eigenvalue weighted by atomic mass is 10.0. The highest BCUT2D eigenvalue weighted by Crippen LogP contribution is 2.36. The minimum absolute atomic E-state index is 0.0537. The standard InChI is InChI=1S/C14H17N3O2/c15-14(4-5-14)9-10-2-1-3-11(8-10)17-7-6-16-12(18)13(17)19/h1-3,8H,4-7,9,15H2,(H,16,18). The van der Waals surface area contributed by atoms with E-state index >= 15 is 0 Å². The van der Waals surface area contributed by atoms with Crippen molar-refractivity contribution >= 4 is 17.5 Å². The van der Waals surface area contributed by atoms with Gasteiger partial charge in [-0.1, -0.05) is 12.1 Å². The quantitative estimate of drug-likeness (QED) is 0.761. The van der Waals surface area contributed by atoms with Crippen LogP contribution in [0, 0.1) is 0 Å². The molecule has 2 amide bonds. The number of hydrogen-bond acceptors (Lipinski definition) is 3. The molecule has 0 unspecified atom stereocenters. The van der Waals surface area contributed by atoms with Gasteiger partial charge in [0.25, 0.3) is 0 Å². The third kappa shape index (κ3) is 2.46. The second-order valence-electron chi connectivity index (χ2n) is 5.42. The molecule has 2 aliphatic rings. The van der Waals surface area contributed by atoms with E-state index in [2.05, 4.69) is 5.32 Å². The first-order valence-electron chi connectivity index (χ1n) is 6.55. The Morgan fingerprint density at radius 1 is 1.32 bits per heavy atom. The van der Waals surface area contributed by atoms with Crippen molar-refractivity contribution in [2.24, 2.45) is 5.73 Å². The number of hydrogen-bond donors (Lipinski definition) is 2. The topological polar surface area (TPSA) is 75.4 Å². The van der Waals surface area contributed by atoms with E-state index < -0.39 is 11.8 Å². The van der Waals surface area contributed by atoms with Crippen molar-refractivity contribution in [2.45, 2.75) is 24.8 Å². The lowest BCUT2D eigenvalue weighted by Gasteiger charge is -2.27. The Kier molecular flexibility index (Phi) is 2.78. The highest BCUT2D eigenvalue weighted by atomic mass is 16.2. The predicted octanol–water partition coefficient (Wildman–Crippen LogP) is 0.183. The molecule has 0 atom stereocenters. The van der Waals surface area contributed by atoms with Gasteiger partial charge >= 0.3 is 11.8 Å². The molecule has 1 aliphatic heterocycles. The van der Waals surface area contributed by atoms with E-state index in [0.717, 1.165) is 30.5 Å². The van der Waals surface area contributed by atoms with Gasteiger partial charge in [-0.05, 0) is 37.0 Å². The first-order valence-corrected chi connectivity index (χ1v) is 6.55. The van der Waals surface area contributed by atoms with Crippen LogP contribution < -0.4 is 16.0 Å². The zero-order chi connectivity index (χ0) is 13.5. The third-order valence-electron chi connectivity index (χ3n) is 3.73. The zero-order valence-electron chi connectivity index (χ0n) is 10.7. The van der Waals surface area contributed by atoms with Crippen molar-refractivity contribution in [3.05, 3.63) is 29.8 Å². The number of anilines is 1. The number of nitrogens with zero attached hydrogens (tertiary/aromatic N) is 1. The smallest absolute Gasteiger partial charge is 0.316 e. The summed E-state index contributed by atoms with van der Waals surface area (Å²) in [7, 11) is 0. The molecule has 3 rings (SSSR count). The highest BCUT2D eigenvalue weighted by molar-refractivity contribution is 6.41. The van der Waals surface area contributed by atoms with Crippen molar-refractivity contribution in [1.82, 2.24) is 5.32 Å². The average Bonchev–Trinajstić information content (AvgIpc) is 3.10. The van der Waals surface area contributed by atoms with E-state index in [-0.39, 0.29) is 5.54 Å².